The van der Waals surface area contributed by atoms with Gasteiger partial charge in [0.2, 0.25) is 17.7 Å². The van der Waals surface area contributed by atoms with Gasteiger partial charge in [0, 0.05) is 67.2 Å². The lowest BCUT2D eigenvalue weighted by atomic mass is 9.84. The third-order valence-corrected chi connectivity index (χ3v) is 14.6. The fraction of sp³-hybridized carbons (Fsp3) is 0.333. The highest BCUT2D eigenvalue weighted by atomic mass is 32.2. The van der Waals surface area contributed by atoms with Crippen molar-refractivity contribution in [3.8, 4) is 28.1 Å². The van der Waals surface area contributed by atoms with E-state index in [1.807, 2.05) is 15.6 Å². The molecule has 1 saturated carbocycles. The van der Waals surface area contributed by atoms with Crippen molar-refractivity contribution >= 4 is 67.7 Å². The summed E-state index contributed by atoms with van der Waals surface area (Å²) in [6, 6.07) is 13.3. The maximum absolute atomic E-state index is 13.7. The molecule has 3 aliphatic heterocycles. The van der Waals surface area contributed by atoms with E-state index < -0.39 is 57.4 Å². The van der Waals surface area contributed by atoms with Gasteiger partial charge in [0.25, 0.3) is 21.8 Å². The number of carbonyl (C=O) groups excluding carboxylic acids is 5. The number of benzene rings is 3. The number of nitrogens with zero attached hydrogens (tertiary/aromatic N) is 7. The topological polar surface area (TPSA) is 246 Å². The highest BCUT2D eigenvalue weighted by Crippen LogP contribution is 2.42. The molecule has 368 valence electrons. The van der Waals surface area contributed by atoms with Crippen LogP contribution in [0.15, 0.2) is 79.3 Å². The Morgan fingerprint density at radius 1 is 0.915 bits per heavy atom. The molecule has 5 N–H and O–H groups in total. The molecule has 2 unspecified atom stereocenters. The zero-order valence-electron chi connectivity index (χ0n) is 38.1. The van der Waals surface area contributed by atoms with E-state index in [4.69, 9.17) is 20.7 Å². The van der Waals surface area contributed by atoms with E-state index >= 15 is 0 Å². The molecule has 19 nitrogen and oxygen atoms in total. The lowest BCUT2D eigenvalue weighted by Gasteiger charge is -2.43. The standard InChI is InChI=1S/C48H46F3N11O8S/c1-24(25-6-11-29(49)12-7-25)70-37-18-27(10-15-34(37)58-71(68,69)48(50)51)41-40-42(59(2)57-41)33(20-53-43(40)52)28-19-54-61(21-28)31-13-8-26(9-14-31)45(65)60-22-30(23-60)55-35-5-3-4-32-39(35)47(67)62(46(32)66)36-16-17-38(63)56-44(36)64/h3-7,10-12,15,18-21,24,26,30-31,36,48,55,58H,8-9,13-14,16-17,22-23H2,1-2H3,(H2,52,53)(H,56,63,64). The number of aromatic nitrogens is 5. The quantitative estimate of drug-likeness (QED) is 0.100. The van der Waals surface area contributed by atoms with Gasteiger partial charge in [0.1, 0.15) is 35.2 Å². The van der Waals surface area contributed by atoms with Crippen LogP contribution in [0.5, 0.6) is 5.75 Å². The number of alkyl halides is 2. The lowest BCUT2D eigenvalue weighted by molar-refractivity contribution is -0.141. The maximum Gasteiger partial charge on any atom is 0.355 e. The second kappa shape index (κ2) is 18.2. The van der Waals surface area contributed by atoms with Crippen LogP contribution in [-0.2, 0) is 31.5 Å². The third-order valence-electron chi connectivity index (χ3n) is 13.6. The number of anilines is 3. The average molecular weight is 994 g/mol. The number of nitrogens with one attached hydrogen (secondary N) is 3. The predicted octanol–water partition coefficient (Wildman–Crippen LogP) is 5.78. The van der Waals surface area contributed by atoms with Crippen molar-refractivity contribution in [1.82, 2.24) is 39.7 Å². The van der Waals surface area contributed by atoms with Gasteiger partial charge in [0.15, 0.2) is 0 Å². The highest BCUT2D eigenvalue weighted by molar-refractivity contribution is 7.93. The lowest BCUT2D eigenvalue weighted by Crippen LogP contribution is -2.58. The number of aryl methyl sites for hydroxylation is 1. The molecule has 71 heavy (non-hydrogen) atoms. The van der Waals surface area contributed by atoms with Gasteiger partial charge in [-0.25, -0.2) is 17.8 Å². The van der Waals surface area contributed by atoms with E-state index in [0.717, 1.165) is 10.5 Å². The van der Waals surface area contributed by atoms with Gasteiger partial charge in [-0.1, -0.05) is 24.3 Å². The Kier molecular flexibility index (Phi) is 12.0. The summed E-state index contributed by atoms with van der Waals surface area (Å²) in [5.41, 5.74) is 10.3. The molecule has 23 heteroatoms. The number of piperidine rings is 1. The number of sulfonamides is 1. The number of likely N-dealkylation sites (tertiary alicyclic amines) is 1. The number of imide groups is 2. The molecule has 3 aromatic carbocycles. The Morgan fingerprint density at radius 3 is 2.38 bits per heavy atom. The largest absolute Gasteiger partial charge is 0.484 e. The minimum Gasteiger partial charge on any atom is -0.484 e. The van der Waals surface area contributed by atoms with Gasteiger partial charge in [-0.15, -0.1) is 0 Å². The molecule has 1 aliphatic carbocycles. The first-order valence-electron chi connectivity index (χ1n) is 22.9. The number of pyridine rings is 1. The van der Waals surface area contributed by atoms with Gasteiger partial charge < -0.3 is 20.7 Å². The third kappa shape index (κ3) is 8.67. The summed E-state index contributed by atoms with van der Waals surface area (Å²) >= 11 is 0. The van der Waals surface area contributed by atoms with Crippen LogP contribution in [0, 0.1) is 11.7 Å². The Balaban J connectivity index is 0.801. The summed E-state index contributed by atoms with van der Waals surface area (Å²) in [5.74, 6) is -6.61. The number of halogens is 3. The molecule has 2 atom stereocenters. The average Bonchev–Trinajstić information content (AvgIpc) is 4.03. The van der Waals surface area contributed by atoms with Gasteiger partial charge in [-0.3, -0.25) is 48.3 Å². The minimum absolute atomic E-state index is 0.00910. The van der Waals surface area contributed by atoms with E-state index in [-0.39, 0.29) is 65.1 Å². The zero-order chi connectivity index (χ0) is 50.0. The number of amides is 5. The van der Waals surface area contributed by atoms with Crippen LogP contribution in [0.25, 0.3) is 33.3 Å². The number of fused-ring (bicyclic) bond motifs is 2. The summed E-state index contributed by atoms with van der Waals surface area (Å²) in [5, 5.41) is 15.5. The fourth-order valence-electron chi connectivity index (χ4n) is 9.92. The first-order chi connectivity index (χ1) is 33.9. The Bertz CT molecular complexity index is 3280. The number of ether oxygens (including phenoxy) is 1. The first-order valence-corrected chi connectivity index (χ1v) is 24.4. The van der Waals surface area contributed by atoms with Crippen molar-refractivity contribution in [2.24, 2.45) is 13.0 Å². The molecule has 6 heterocycles. The van der Waals surface area contributed by atoms with Crippen LogP contribution in [0.2, 0.25) is 0 Å². The summed E-state index contributed by atoms with van der Waals surface area (Å²) in [6.45, 7) is 2.45. The highest BCUT2D eigenvalue weighted by Gasteiger charge is 2.46. The number of carbonyl (C=O) groups is 5. The van der Waals surface area contributed by atoms with Gasteiger partial charge >= 0.3 is 5.76 Å². The first kappa shape index (κ1) is 46.9. The van der Waals surface area contributed by atoms with Crippen LogP contribution >= 0.6 is 0 Å². The van der Waals surface area contributed by atoms with E-state index in [1.165, 1.54) is 48.5 Å². The maximum atomic E-state index is 13.7. The molecule has 5 amide bonds. The molecule has 0 spiro atoms. The van der Waals surface area contributed by atoms with Gasteiger partial charge in [0.05, 0.1) is 46.0 Å². The molecule has 3 fully saturated rings. The second-order valence-corrected chi connectivity index (χ2v) is 19.8. The smallest absolute Gasteiger partial charge is 0.355 e. The van der Waals surface area contributed by atoms with Crippen LogP contribution in [0.4, 0.5) is 30.4 Å². The van der Waals surface area contributed by atoms with E-state index in [0.29, 0.717) is 77.7 Å². The molecule has 6 aromatic rings. The van der Waals surface area contributed by atoms with E-state index in [2.05, 4.69) is 15.6 Å². The summed E-state index contributed by atoms with van der Waals surface area (Å²) < 4.78 is 76.7. The Labute approximate surface area is 403 Å². The van der Waals surface area contributed by atoms with E-state index in [9.17, 15) is 45.6 Å². The van der Waals surface area contributed by atoms with E-state index in [1.54, 1.807) is 48.1 Å². The Hall–Kier alpha value is -7.82. The van der Waals surface area contributed by atoms with Crippen LogP contribution in [0.1, 0.15) is 83.9 Å². The monoisotopic (exact) mass is 993 g/mol. The number of nitrogen functional groups attached to an aromatic ring is 1. The van der Waals surface area contributed by atoms with Crippen molar-refractivity contribution in [3.05, 3.63) is 102 Å². The van der Waals surface area contributed by atoms with Crippen molar-refractivity contribution in [1.29, 1.82) is 0 Å². The molecular weight excluding hydrogens is 948 g/mol. The van der Waals surface area contributed by atoms with Crippen molar-refractivity contribution < 1.29 is 50.3 Å². The molecule has 0 radical (unpaired) electrons. The summed E-state index contributed by atoms with van der Waals surface area (Å²) in [4.78, 5) is 72.0. The van der Waals surface area contributed by atoms with Crippen LogP contribution < -0.4 is 25.8 Å². The van der Waals surface area contributed by atoms with Crippen LogP contribution in [-0.4, -0.2) is 103 Å². The van der Waals surface area contributed by atoms with Crippen molar-refractivity contribution in [2.75, 3.05) is 28.9 Å². The van der Waals surface area contributed by atoms with Crippen molar-refractivity contribution in [2.45, 2.75) is 75.4 Å². The van der Waals surface area contributed by atoms with Crippen LogP contribution in [0.3, 0.4) is 0 Å². The molecule has 0 bridgehead atoms. The minimum atomic E-state index is -5.09. The van der Waals surface area contributed by atoms with Gasteiger partial charge in [-0.05, 0) is 81.0 Å². The van der Waals surface area contributed by atoms with Crippen molar-refractivity contribution in [3.63, 3.8) is 0 Å². The number of nitrogens with two attached hydrogens (primary N) is 1. The number of hydrogen-bond acceptors (Lipinski definition) is 13. The predicted molar refractivity (Wildman–Crippen MR) is 252 cm³/mol. The fourth-order valence-corrected chi connectivity index (χ4v) is 10.5. The molecule has 4 aliphatic rings. The number of hydrogen-bond donors (Lipinski definition) is 4. The molecular formula is C48H46F3N11O8S. The summed E-state index contributed by atoms with van der Waals surface area (Å²) in [7, 11) is -3.36. The van der Waals surface area contributed by atoms with Gasteiger partial charge in [-0.2, -0.15) is 19.0 Å². The molecule has 3 aromatic heterocycles. The Morgan fingerprint density at radius 2 is 1.66 bits per heavy atom. The normalized spacial score (nSPS) is 20.0. The molecule has 10 rings (SSSR count). The number of rotatable bonds is 13. The summed E-state index contributed by atoms with van der Waals surface area (Å²) in [6.07, 6.45) is 7.23. The molecule has 2 saturated heterocycles. The SMILES string of the molecule is CC(Oc1cc(-c2nn(C)c3c(-c4cnn(C5CCC(C(=O)N6CC(Nc7cccc8c7C(=O)N(C7CCC(=O)NC7=O)C8=O)C6)CC5)c4)cnc(N)c23)ccc1NS(=O)(=O)C(F)F)c1ccc(F)cc1. The second-order valence-electron chi connectivity index (χ2n) is 18.2. The zero-order valence-corrected chi connectivity index (χ0v) is 39.0.